The summed E-state index contributed by atoms with van der Waals surface area (Å²) in [5, 5.41) is 25.2. The van der Waals surface area contributed by atoms with Gasteiger partial charge >= 0.3 is 6.09 Å². The van der Waals surface area contributed by atoms with Gasteiger partial charge in [-0.1, -0.05) is 23.7 Å². The Labute approximate surface area is 191 Å². The lowest BCUT2D eigenvalue weighted by atomic mass is 10.1. The van der Waals surface area contributed by atoms with Crippen molar-refractivity contribution in [1.82, 2.24) is 10.2 Å². The molecule has 4 N–H and O–H groups in total. The first-order chi connectivity index (χ1) is 15.3. The molecule has 2 aromatic carbocycles. The molecule has 32 heavy (non-hydrogen) atoms. The van der Waals surface area contributed by atoms with Crippen LogP contribution in [0.3, 0.4) is 0 Å². The molecule has 4 rings (SSSR count). The number of aliphatic hydroxyl groups is 1. The third-order valence-electron chi connectivity index (χ3n) is 4.80. The van der Waals surface area contributed by atoms with Crippen LogP contribution in [0.25, 0.3) is 11.0 Å². The molecule has 3 aromatic rings. The van der Waals surface area contributed by atoms with E-state index in [4.69, 9.17) is 16.0 Å². The number of carboxylic acid groups (broad SMARTS) is 1. The number of nitrogens with one attached hydrogen (secondary N) is 2. The lowest BCUT2D eigenvalue weighted by molar-refractivity contribution is -0.118. The molecule has 9 nitrogen and oxygen atoms in total. The van der Waals surface area contributed by atoms with Crippen molar-refractivity contribution in [3.05, 3.63) is 64.9 Å². The lowest BCUT2D eigenvalue weighted by Crippen LogP contribution is -2.32. The van der Waals surface area contributed by atoms with Gasteiger partial charge in [0.2, 0.25) is 0 Å². The second kappa shape index (κ2) is 9.11. The summed E-state index contributed by atoms with van der Waals surface area (Å²) >= 11 is 6.80. The standard InChI is InChI=1S/C21H18ClN3O6S/c22-13-3-1-2-11(6-13)16(26)10-25(21(29)30)9-15-8-12-7-14(4-5-17(12)31-15)23-19-18(27)24-20(28)32-19/h1-8,16,19,23,26H,9-10H2,(H,29,30)(H,24,27,28)/t16-,19?/m0/s1. The van der Waals surface area contributed by atoms with Gasteiger partial charge in [-0.2, -0.15) is 0 Å². The molecule has 3 amide bonds. The van der Waals surface area contributed by atoms with E-state index in [1.165, 1.54) is 0 Å². The average molecular weight is 476 g/mol. The number of carbonyl (C=O) groups excluding carboxylic acids is 2. The first-order valence-corrected chi connectivity index (χ1v) is 10.8. The molecule has 1 fully saturated rings. The first kappa shape index (κ1) is 22.0. The number of furan rings is 1. The van der Waals surface area contributed by atoms with Crippen LogP contribution in [0.15, 0.2) is 52.9 Å². The number of anilines is 1. The zero-order valence-corrected chi connectivity index (χ0v) is 18.0. The molecule has 2 atom stereocenters. The van der Waals surface area contributed by atoms with E-state index in [9.17, 15) is 24.6 Å². The molecule has 0 spiro atoms. The van der Waals surface area contributed by atoms with E-state index in [1.54, 1.807) is 48.5 Å². The van der Waals surface area contributed by atoms with Crippen LogP contribution in [-0.4, -0.2) is 44.3 Å². The van der Waals surface area contributed by atoms with Crippen LogP contribution < -0.4 is 10.6 Å². The summed E-state index contributed by atoms with van der Waals surface area (Å²) < 4.78 is 5.74. The van der Waals surface area contributed by atoms with Crippen molar-refractivity contribution >= 4 is 57.3 Å². The molecular formula is C21H18ClN3O6S. The highest BCUT2D eigenvalue weighted by molar-refractivity contribution is 8.15. The van der Waals surface area contributed by atoms with Crippen molar-refractivity contribution in [3.63, 3.8) is 0 Å². The fourth-order valence-corrected chi connectivity index (χ4v) is 4.23. The van der Waals surface area contributed by atoms with Crippen LogP contribution >= 0.6 is 23.4 Å². The highest BCUT2D eigenvalue weighted by Gasteiger charge is 2.31. The minimum Gasteiger partial charge on any atom is -0.465 e. The molecule has 1 saturated heterocycles. The maximum absolute atomic E-state index is 11.7. The topological polar surface area (TPSA) is 132 Å². The van der Waals surface area contributed by atoms with Crippen molar-refractivity contribution in [1.29, 1.82) is 0 Å². The highest BCUT2D eigenvalue weighted by Crippen LogP contribution is 2.27. The van der Waals surface area contributed by atoms with Gasteiger partial charge in [-0.25, -0.2) is 4.79 Å². The zero-order chi connectivity index (χ0) is 22.8. The van der Waals surface area contributed by atoms with E-state index in [0.717, 1.165) is 16.7 Å². The van der Waals surface area contributed by atoms with E-state index in [0.29, 0.717) is 33.0 Å². The SMILES string of the molecule is O=C1NC(=O)C(Nc2ccc3oc(CN(C[C@H](O)c4cccc(Cl)c4)C(=O)O)cc3c2)S1. The maximum Gasteiger partial charge on any atom is 0.407 e. The molecule has 166 valence electrons. The summed E-state index contributed by atoms with van der Waals surface area (Å²) in [4.78, 5) is 35.8. The van der Waals surface area contributed by atoms with E-state index >= 15 is 0 Å². The number of thioether (sulfide) groups is 1. The number of amides is 3. The number of rotatable bonds is 7. The monoisotopic (exact) mass is 475 g/mol. The second-order valence-electron chi connectivity index (χ2n) is 7.12. The molecule has 0 aliphatic carbocycles. The number of fused-ring (bicyclic) bond motifs is 1. The number of carbonyl (C=O) groups is 3. The van der Waals surface area contributed by atoms with Crippen LogP contribution in [0.2, 0.25) is 5.02 Å². The number of halogens is 1. The van der Waals surface area contributed by atoms with Crippen molar-refractivity contribution in [2.45, 2.75) is 18.0 Å². The van der Waals surface area contributed by atoms with Crippen LogP contribution in [0.5, 0.6) is 0 Å². The highest BCUT2D eigenvalue weighted by atomic mass is 35.5. The predicted octanol–water partition coefficient (Wildman–Crippen LogP) is 4.02. The van der Waals surface area contributed by atoms with E-state index in [1.807, 2.05) is 0 Å². The van der Waals surface area contributed by atoms with Crippen molar-refractivity contribution in [3.8, 4) is 0 Å². The Morgan fingerprint density at radius 3 is 2.75 bits per heavy atom. The number of hydrogen-bond donors (Lipinski definition) is 4. The Kier molecular flexibility index (Phi) is 6.26. The number of hydrogen-bond acceptors (Lipinski definition) is 7. The van der Waals surface area contributed by atoms with Crippen LogP contribution in [0.4, 0.5) is 15.3 Å². The number of aliphatic hydroxyl groups excluding tert-OH is 1. The van der Waals surface area contributed by atoms with E-state index in [2.05, 4.69) is 10.6 Å². The lowest BCUT2D eigenvalue weighted by Gasteiger charge is -2.21. The fraction of sp³-hybridized carbons (Fsp3) is 0.190. The fourth-order valence-electron chi connectivity index (χ4n) is 3.29. The Morgan fingerprint density at radius 1 is 1.25 bits per heavy atom. The molecule has 1 unspecified atom stereocenters. The van der Waals surface area contributed by atoms with Gasteiger partial charge < -0.3 is 19.9 Å². The maximum atomic E-state index is 11.7. The minimum atomic E-state index is -1.21. The van der Waals surface area contributed by atoms with Crippen LogP contribution in [-0.2, 0) is 11.3 Å². The second-order valence-corrected chi connectivity index (χ2v) is 8.63. The summed E-state index contributed by atoms with van der Waals surface area (Å²) in [6.07, 6.45) is -2.26. The van der Waals surface area contributed by atoms with Crippen LogP contribution in [0, 0.1) is 0 Å². The summed E-state index contributed by atoms with van der Waals surface area (Å²) in [7, 11) is 0. The molecule has 1 aliphatic rings. The number of benzene rings is 2. The van der Waals surface area contributed by atoms with Gasteiger partial charge in [-0.3, -0.25) is 19.8 Å². The van der Waals surface area contributed by atoms with Gasteiger partial charge in [0.1, 0.15) is 11.3 Å². The van der Waals surface area contributed by atoms with Gasteiger partial charge in [0, 0.05) is 16.1 Å². The molecule has 0 radical (unpaired) electrons. The zero-order valence-electron chi connectivity index (χ0n) is 16.4. The summed E-state index contributed by atoms with van der Waals surface area (Å²) in [6.45, 7) is -0.235. The molecule has 1 aromatic heterocycles. The van der Waals surface area contributed by atoms with Crippen molar-refractivity contribution in [2.75, 3.05) is 11.9 Å². The normalized spacial score (nSPS) is 16.8. The van der Waals surface area contributed by atoms with Crippen LogP contribution in [0.1, 0.15) is 17.4 Å². The Morgan fingerprint density at radius 2 is 2.06 bits per heavy atom. The van der Waals surface area contributed by atoms with Gasteiger partial charge in [0.05, 0.1) is 19.2 Å². The Hall–Kier alpha value is -3.21. The summed E-state index contributed by atoms with van der Waals surface area (Å²) in [5.41, 5.74) is 1.65. The Balaban J connectivity index is 1.47. The number of imide groups is 1. The summed E-state index contributed by atoms with van der Waals surface area (Å²) in [6, 6.07) is 13.4. The van der Waals surface area contributed by atoms with E-state index in [-0.39, 0.29) is 13.1 Å². The van der Waals surface area contributed by atoms with Crippen molar-refractivity contribution in [2.24, 2.45) is 0 Å². The van der Waals surface area contributed by atoms with Gasteiger partial charge in [-0.05, 0) is 53.7 Å². The third kappa shape index (κ3) is 4.98. The molecule has 2 heterocycles. The smallest absolute Gasteiger partial charge is 0.407 e. The molecule has 1 aliphatic heterocycles. The largest absolute Gasteiger partial charge is 0.465 e. The minimum absolute atomic E-state index is 0.0697. The Bertz CT molecular complexity index is 1200. The average Bonchev–Trinajstić information content (AvgIpc) is 3.28. The van der Waals surface area contributed by atoms with Gasteiger partial charge in [0.15, 0.2) is 5.37 Å². The van der Waals surface area contributed by atoms with E-state index < -0.39 is 28.7 Å². The first-order valence-electron chi connectivity index (χ1n) is 9.50. The van der Waals surface area contributed by atoms with Gasteiger partial charge in [-0.15, -0.1) is 0 Å². The molecule has 11 heteroatoms. The van der Waals surface area contributed by atoms with Crippen molar-refractivity contribution < 1.29 is 29.0 Å². The molecular weight excluding hydrogens is 458 g/mol. The predicted molar refractivity (Wildman–Crippen MR) is 120 cm³/mol. The quantitative estimate of drug-likeness (QED) is 0.403. The third-order valence-corrected chi connectivity index (χ3v) is 5.92. The summed E-state index contributed by atoms with van der Waals surface area (Å²) in [5.74, 6) is -0.0238. The molecule has 0 bridgehead atoms. The number of nitrogens with zero attached hydrogens (tertiary/aromatic N) is 1. The van der Waals surface area contributed by atoms with Gasteiger partial charge in [0.25, 0.3) is 11.1 Å². The molecule has 0 saturated carbocycles.